The molecular formula is C24H43Cl2N5O4. The molecule has 0 radical (unpaired) electrons. The highest BCUT2D eigenvalue weighted by molar-refractivity contribution is 5.86. The lowest BCUT2D eigenvalue weighted by Crippen LogP contribution is -2.55. The van der Waals surface area contributed by atoms with Gasteiger partial charge in [-0.1, -0.05) is 12.2 Å². The zero-order valence-corrected chi connectivity index (χ0v) is 22.4. The number of carbonyl (C=O) groups excluding carboxylic acids is 1. The van der Waals surface area contributed by atoms with Crippen LogP contribution in [0.1, 0.15) is 64.2 Å². The van der Waals surface area contributed by atoms with Crippen LogP contribution in [0.5, 0.6) is 0 Å². The van der Waals surface area contributed by atoms with Crippen molar-refractivity contribution in [1.82, 2.24) is 14.7 Å². The molecule has 1 aliphatic carbocycles. The van der Waals surface area contributed by atoms with Crippen LogP contribution in [0.4, 0.5) is 0 Å². The Morgan fingerprint density at radius 1 is 1.14 bits per heavy atom. The van der Waals surface area contributed by atoms with Crippen molar-refractivity contribution < 1.29 is 19.4 Å². The van der Waals surface area contributed by atoms with Gasteiger partial charge in [-0.05, 0) is 64.8 Å². The van der Waals surface area contributed by atoms with Crippen LogP contribution in [-0.4, -0.2) is 95.2 Å². The van der Waals surface area contributed by atoms with Gasteiger partial charge in [0.2, 0.25) is 5.91 Å². The molecule has 2 aliphatic heterocycles. The Bertz CT molecular complexity index is 718. The number of likely N-dealkylation sites (N-methyl/N-ethyl adjacent to an activating group) is 1. The van der Waals surface area contributed by atoms with Gasteiger partial charge in [0.25, 0.3) is 0 Å². The number of halogens is 2. The van der Waals surface area contributed by atoms with E-state index in [0.29, 0.717) is 13.2 Å². The number of aliphatic carboxylic acids is 1. The quantitative estimate of drug-likeness (QED) is 0.235. The van der Waals surface area contributed by atoms with Gasteiger partial charge in [-0.2, -0.15) is 0 Å². The summed E-state index contributed by atoms with van der Waals surface area (Å²) in [7, 11) is 1.91. The van der Waals surface area contributed by atoms with Crippen molar-refractivity contribution in [2.24, 2.45) is 5.73 Å². The van der Waals surface area contributed by atoms with Crippen LogP contribution < -0.4 is 5.73 Å². The predicted molar refractivity (Wildman–Crippen MR) is 142 cm³/mol. The number of hydrogen-bond donors (Lipinski definition) is 3. The Labute approximate surface area is 221 Å². The maximum Gasteiger partial charge on any atom is 0.305 e. The van der Waals surface area contributed by atoms with E-state index in [4.69, 9.17) is 15.9 Å². The van der Waals surface area contributed by atoms with Gasteiger partial charge in [-0.3, -0.25) is 19.9 Å². The summed E-state index contributed by atoms with van der Waals surface area (Å²) >= 11 is 0. The molecule has 0 saturated carbocycles. The lowest BCUT2D eigenvalue weighted by atomic mass is 9.95. The number of guanidine groups is 1. The molecule has 35 heavy (non-hydrogen) atoms. The molecule has 0 aromatic carbocycles. The smallest absolute Gasteiger partial charge is 0.305 e. The third-order valence-electron chi connectivity index (χ3n) is 7.46. The molecule has 2 saturated heterocycles. The van der Waals surface area contributed by atoms with Gasteiger partial charge in [0, 0.05) is 38.3 Å². The molecule has 2 fully saturated rings. The minimum absolute atomic E-state index is 0. The summed E-state index contributed by atoms with van der Waals surface area (Å²) in [5.41, 5.74) is 5.56. The highest BCUT2D eigenvalue weighted by Crippen LogP contribution is 2.26. The predicted octanol–water partition coefficient (Wildman–Crippen LogP) is 2.86. The number of hydrogen-bond acceptors (Lipinski definition) is 5. The molecule has 202 valence electrons. The molecule has 0 aromatic rings. The Morgan fingerprint density at radius 3 is 2.46 bits per heavy atom. The lowest BCUT2D eigenvalue weighted by Gasteiger charge is -2.42. The number of nitrogens with two attached hydrogens (primary N) is 1. The fourth-order valence-electron chi connectivity index (χ4n) is 5.39. The first-order valence-corrected chi connectivity index (χ1v) is 12.5. The maximum absolute atomic E-state index is 13.6. The second-order valence-corrected chi connectivity index (χ2v) is 9.63. The largest absolute Gasteiger partial charge is 0.481 e. The second-order valence-electron chi connectivity index (χ2n) is 9.63. The molecule has 9 nitrogen and oxygen atoms in total. The first-order chi connectivity index (χ1) is 15.9. The van der Waals surface area contributed by atoms with Crippen molar-refractivity contribution in [3.63, 3.8) is 0 Å². The van der Waals surface area contributed by atoms with E-state index in [9.17, 15) is 14.7 Å². The second kappa shape index (κ2) is 15.5. The Hall–Kier alpha value is -1.55. The summed E-state index contributed by atoms with van der Waals surface area (Å²) < 4.78 is 6.12. The number of rotatable bonds is 9. The van der Waals surface area contributed by atoms with Crippen molar-refractivity contribution in [2.45, 2.75) is 88.4 Å². The monoisotopic (exact) mass is 535 g/mol. The van der Waals surface area contributed by atoms with Crippen molar-refractivity contribution >= 4 is 42.7 Å². The maximum atomic E-state index is 13.6. The lowest BCUT2D eigenvalue weighted by molar-refractivity contribution is -0.148. The van der Waals surface area contributed by atoms with Crippen LogP contribution in [0.3, 0.4) is 0 Å². The molecule has 1 amide bonds. The van der Waals surface area contributed by atoms with Gasteiger partial charge in [0.1, 0.15) is 0 Å². The molecular weight excluding hydrogens is 493 g/mol. The summed E-state index contributed by atoms with van der Waals surface area (Å²) in [5.74, 6) is -0.857. The number of piperidine rings is 2. The SMILES string of the molecule is CN(C(CC(=O)O)C(=O)N1CCCC[C@H]1CCOC1CCN(C(=N)N)CC1)[C@@H]1CC=CCC1.Cl.Cl. The van der Waals surface area contributed by atoms with Gasteiger partial charge in [-0.15, -0.1) is 24.8 Å². The third kappa shape index (κ3) is 9.12. The number of likely N-dealkylation sites (tertiary alicyclic amines) is 2. The van der Waals surface area contributed by atoms with Gasteiger partial charge in [-0.25, -0.2) is 0 Å². The van der Waals surface area contributed by atoms with E-state index in [1.165, 1.54) is 0 Å². The topological polar surface area (TPSA) is 123 Å². The van der Waals surface area contributed by atoms with E-state index in [-0.39, 0.29) is 61.3 Å². The highest BCUT2D eigenvalue weighted by atomic mass is 35.5. The first-order valence-electron chi connectivity index (χ1n) is 12.5. The van der Waals surface area contributed by atoms with Gasteiger partial charge >= 0.3 is 5.97 Å². The molecule has 3 atom stereocenters. The fraction of sp³-hybridized carbons (Fsp3) is 0.792. The van der Waals surface area contributed by atoms with E-state index in [1.54, 1.807) is 0 Å². The molecule has 0 aromatic heterocycles. The summed E-state index contributed by atoms with van der Waals surface area (Å²) in [5, 5.41) is 17.1. The van der Waals surface area contributed by atoms with Gasteiger partial charge < -0.3 is 25.4 Å². The number of carbonyl (C=O) groups is 2. The number of carboxylic acids is 1. The molecule has 4 N–H and O–H groups in total. The fourth-order valence-corrected chi connectivity index (χ4v) is 5.39. The summed E-state index contributed by atoms with van der Waals surface area (Å²) in [6.45, 7) is 2.77. The van der Waals surface area contributed by atoms with Crippen LogP contribution in [-0.2, 0) is 14.3 Å². The minimum Gasteiger partial charge on any atom is -0.481 e. The van der Waals surface area contributed by atoms with Crippen molar-refractivity contribution in [1.29, 1.82) is 5.41 Å². The molecule has 0 bridgehead atoms. The first kappa shape index (κ1) is 31.5. The van der Waals surface area contributed by atoms with E-state index < -0.39 is 12.0 Å². The Morgan fingerprint density at radius 2 is 1.86 bits per heavy atom. The van der Waals surface area contributed by atoms with Crippen molar-refractivity contribution in [2.75, 3.05) is 33.3 Å². The van der Waals surface area contributed by atoms with Gasteiger partial charge in [0.15, 0.2) is 5.96 Å². The molecule has 3 aliphatic rings. The molecule has 3 rings (SSSR count). The molecule has 0 spiro atoms. The minimum atomic E-state index is -0.930. The highest BCUT2D eigenvalue weighted by Gasteiger charge is 2.37. The van der Waals surface area contributed by atoms with Crippen molar-refractivity contribution in [3.05, 3.63) is 12.2 Å². The van der Waals surface area contributed by atoms with Gasteiger partial charge in [0.05, 0.1) is 18.6 Å². The Kier molecular flexibility index (Phi) is 14.0. The average Bonchev–Trinajstić information content (AvgIpc) is 2.83. The zero-order valence-electron chi connectivity index (χ0n) is 20.8. The molecule has 2 heterocycles. The van der Waals surface area contributed by atoms with E-state index in [0.717, 1.165) is 70.9 Å². The standard InChI is InChI=1S/C24H41N5O4.2ClH/c1-27(18-7-3-2-4-8-18)21(17-22(30)31)23(32)29-13-6-5-9-19(29)12-16-33-20-10-14-28(15-11-20)24(25)26;;/h2-3,18-21H,4-17H2,1H3,(H3,25,26)(H,30,31);2*1H/t18-,19+,21?;;/m1../s1. The number of nitrogens with zero attached hydrogens (tertiary/aromatic N) is 3. The summed E-state index contributed by atoms with van der Waals surface area (Å²) in [6.07, 6.45) is 12.5. The summed E-state index contributed by atoms with van der Waals surface area (Å²) in [4.78, 5) is 31.0. The molecule has 1 unspecified atom stereocenters. The van der Waals surface area contributed by atoms with Crippen LogP contribution in [0.25, 0.3) is 0 Å². The van der Waals surface area contributed by atoms with E-state index in [1.807, 2.05) is 21.7 Å². The number of ether oxygens (including phenoxy) is 1. The van der Waals surface area contributed by atoms with Crippen LogP contribution >= 0.6 is 24.8 Å². The molecule has 11 heteroatoms. The number of allylic oxidation sites excluding steroid dienone is 1. The van der Waals surface area contributed by atoms with E-state index >= 15 is 0 Å². The number of nitrogens with one attached hydrogen (secondary N) is 1. The average molecular weight is 537 g/mol. The summed E-state index contributed by atoms with van der Waals surface area (Å²) in [6, 6.07) is -0.327. The Balaban J connectivity index is 0.00000306. The van der Waals surface area contributed by atoms with Crippen LogP contribution in [0.2, 0.25) is 0 Å². The third-order valence-corrected chi connectivity index (χ3v) is 7.46. The number of carboxylic acid groups (broad SMARTS) is 1. The van der Waals surface area contributed by atoms with Crippen LogP contribution in [0.15, 0.2) is 12.2 Å². The normalized spacial score (nSPS) is 23.8. The zero-order chi connectivity index (χ0) is 23.8. The number of amides is 1. The van der Waals surface area contributed by atoms with Crippen LogP contribution in [0, 0.1) is 5.41 Å². The van der Waals surface area contributed by atoms with E-state index in [2.05, 4.69) is 12.2 Å². The van der Waals surface area contributed by atoms with Crippen molar-refractivity contribution in [3.8, 4) is 0 Å².